The van der Waals surface area contributed by atoms with Gasteiger partial charge in [-0.05, 0) is 62.6 Å². The average Bonchev–Trinajstić information content (AvgIpc) is 2.59. The van der Waals surface area contributed by atoms with Crippen LogP contribution >= 0.6 is 0 Å². The first-order chi connectivity index (χ1) is 12.1. The lowest BCUT2D eigenvalue weighted by atomic mass is 10.2. The molecule has 2 aromatic carbocycles. The summed E-state index contributed by atoms with van der Waals surface area (Å²) in [5.41, 5.74) is 7.82. The molecule has 4 heteroatoms. The molecule has 2 N–H and O–H groups in total. The van der Waals surface area contributed by atoms with Gasteiger partial charge in [-0.15, -0.1) is 0 Å². The molecule has 0 spiro atoms. The number of anilines is 1. The molecule has 0 bridgehead atoms. The van der Waals surface area contributed by atoms with Crippen LogP contribution in [0.4, 0.5) is 5.82 Å². The summed E-state index contributed by atoms with van der Waals surface area (Å²) >= 11 is 0. The second kappa shape index (κ2) is 7.88. The van der Waals surface area contributed by atoms with Gasteiger partial charge in [0, 0.05) is 5.39 Å². The van der Waals surface area contributed by atoms with Crippen molar-refractivity contribution in [1.29, 1.82) is 0 Å². The van der Waals surface area contributed by atoms with Gasteiger partial charge in [-0.2, -0.15) is 0 Å². The number of nitrogens with two attached hydrogens (primary N) is 1. The van der Waals surface area contributed by atoms with E-state index in [0.29, 0.717) is 12.4 Å². The summed E-state index contributed by atoms with van der Waals surface area (Å²) in [6, 6.07) is 17.8. The van der Waals surface area contributed by atoms with Crippen LogP contribution < -0.4 is 15.2 Å². The fourth-order valence-corrected chi connectivity index (χ4v) is 2.77. The van der Waals surface area contributed by atoms with Crippen LogP contribution in [0.25, 0.3) is 10.9 Å². The minimum Gasteiger partial charge on any atom is -0.494 e. The van der Waals surface area contributed by atoms with Gasteiger partial charge in [0.25, 0.3) is 0 Å². The average molecular weight is 336 g/mol. The fraction of sp³-hybridized carbons (Fsp3) is 0.286. The Kier molecular flexibility index (Phi) is 5.39. The van der Waals surface area contributed by atoms with Crippen molar-refractivity contribution in [2.45, 2.75) is 32.8 Å². The van der Waals surface area contributed by atoms with Crippen LogP contribution in [0.3, 0.4) is 0 Å². The second-order valence-corrected chi connectivity index (χ2v) is 6.30. The Morgan fingerprint density at radius 1 is 1.08 bits per heavy atom. The third-order valence-corrected chi connectivity index (χ3v) is 4.05. The van der Waals surface area contributed by atoms with Crippen molar-refractivity contribution in [2.24, 2.45) is 0 Å². The summed E-state index contributed by atoms with van der Waals surface area (Å²) in [7, 11) is 0. The van der Waals surface area contributed by atoms with E-state index in [1.165, 1.54) is 5.56 Å². The molecular formula is C21H24N2O2. The smallest absolute Gasteiger partial charge is 0.146 e. The van der Waals surface area contributed by atoms with Crippen molar-refractivity contribution in [3.05, 3.63) is 60.2 Å². The molecule has 4 nitrogen and oxygen atoms in total. The number of fused-ring (bicyclic) bond motifs is 1. The van der Waals surface area contributed by atoms with E-state index in [1.807, 2.05) is 42.5 Å². The van der Waals surface area contributed by atoms with Crippen LogP contribution in [0.2, 0.25) is 0 Å². The maximum atomic E-state index is 6.08. The summed E-state index contributed by atoms with van der Waals surface area (Å²) in [6.45, 7) is 4.81. The van der Waals surface area contributed by atoms with Gasteiger partial charge >= 0.3 is 0 Å². The first-order valence-corrected chi connectivity index (χ1v) is 8.63. The van der Waals surface area contributed by atoms with E-state index in [-0.39, 0.29) is 6.10 Å². The molecule has 25 heavy (non-hydrogen) atoms. The summed E-state index contributed by atoms with van der Waals surface area (Å²) in [5, 5.41) is 1.03. The molecule has 0 aliphatic heterocycles. The molecule has 0 fully saturated rings. The zero-order valence-corrected chi connectivity index (χ0v) is 14.7. The van der Waals surface area contributed by atoms with Crippen LogP contribution in [-0.2, 0) is 0 Å². The van der Waals surface area contributed by atoms with Crippen LogP contribution in [0.1, 0.15) is 25.3 Å². The maximum absolute atomic E-state index is 6.08. The molecule has 0 saturated heterocycles. The number of rotatable bonds is 7. The van der Waals surface area contributed by atoms with Gasteiger partial charge in [0.05, 0.1) is 12.7 Å². The Balaban J connectivity index is 1.53. The van der Waals surface area contributed by atoms with Crippen molar-refractivity contribution in [3.63, 3.8) is 0 Å². The number of nitrogen functional groups attached to an aromatic ring is 1. The SMILES string of the molecule is Cc1cccc(OCCCC(C)Oc2cccc3ccc(N)nc23)c1. The number of aromatic nitrogens is 1. The first kappa shape index (κ1) is 17.1. The van der Waals surface area contributed by atoms with Gasteiger partial charge in [0.1, 0.15) is 22.8 Å². The number of nitrogens with zero attached hydrogens (tertiary/aromatic N) is 1. The van der Waals surface area contributed by atoms with E-state index < -0.39 is 0 Å². The Morgan fingerprint density at radius 3 is 2.76 bits per heavy atom. The van der Waals surface area contributed by atoms with Crippen molar-refractivity contribution in [2.75, 3.05) is 12.3 Å². The number of aryl methyl sites for hydroxylation is 1. The van der Waals surface area contributed by atoms with Crippen LogP contribution in [0.5, 0.6) is 11.5 Å². The molecule has 3 rings (SSSR count). The molecule has 0 saturated carbocycles. The van der Waals surface area contributed by atoms with Crippen LogP contribution in [0.15, 0.2) is 54.6 Å². The molecule has 0 radical (unpaired) electrons. The van der Waals surface area contributed by atoms with Gasteiger partial charge in [0.15, 0.2) is 0 Å². The molecule has 0 aliphatic rings. The molecule has 0 amide bonds. The van der Waals surface area contributed by atoms with Gasteiger partial charge in [-0.25, -0.2) is 4.98 Å². The minimum absolute atomic E-state index is 0.0786. The molecule has 1 atom stereocenters. The molecular weight excluding hydrogens is 312 g/mol. The van der Waals surface area contributed by atoms with E-state index in [4.69, 9.17) is 15.2 Å². The van der Waals surface area contributed by atoms with E-state index in [9.17, 15) is 0 Å². The highest BCUT2D eigenvalue weighted by Gasteiger charge is 2.09. The third kappa shape index (κ3) is 4.63. The van der Waals surface area contributed by atoms with E-state index >= 15 is 0 Å². The zero-order chi connectivity index (χ0) is 17.6. The Labute approximate surface area is 148 Å². The van der Waals surface area contributed by atoms with Gasteiger partial charge in [-0.1, -0.05) is 24.3 Å². The number of para-hydroxylation sites is 1. The highest BCUT2D eigenvalue weighted by Crippen LogP contribution is 2.26. The Morgan fingerprint density at radius 2 is 1.92 bits per heavy atom. The zero-order valence-electron chi connectivity index (χ0n) is 14.7. The lowest BCUT2D eigenvalue weighted by Gasteiger charge is -2.16. The van der Waals surface area contributed by atoms with Crippen molar-refractivity contribution < 1.29 is 9.47 Å². The monoisotopic (exact) mass is 336 g/mol. The summed E-state index contributed by atoms with van der Waals surface area (Å²) < 4.78 is 11.9. The van der Waals surface area contributed by atoms with E-state index in [0.717, 1.165) is 35.2 Å². The number of ether oxygens (including phenoxy) is 2. The first-order valence-electron chi connectivity index (χ1n) is 8.63. The predicted octanol–water partition coefficient (Wildman–Crippen LogP) is 4.75. The second-order valence-electron chi connectivity index (χ2n) is 6.30. The van der Waals surface area contributed by atoms with Crippen LogP contribution in [-0.4, -0.2) is 17.7 Å². The molecule has 130 valence electrons. The summed E-state index contributed by atoms with van der Waals surface area (Å²) in [4.78, 5) is 4.40. The van der Waals surface area contributed by atoms with E-state index in [1.54, 1.807) is 6.07 Å². The molecule has 0 aliphatic carbocycles. The number of hydrogen-bond acceptors (Lipinski definition) is 4. The number of hydrogen-bond donors (Lipinski definition) is 1. The van der Waals surface area contributed by atoms with Crippen molar-refractivity contribution >= 4 is 16.7 Å². The highest BCUT2D eigenvalue weighted by molar-refractivity contribution is 5.85. The fourth-order valence-electron chi connectivity index (χ4n) is 2.77. The van der Waals surface area contributed by atoms with Crippen molar-refractivity contribution in [3.8, 4) is 11.5 Å². The topological polar surface area (TPSA) is 57.4 Å². The number of benzene rings is 2. The Hall–Kier alpha value is -2.75. The number of pyridine rings is 1. The third-order valence-electron chi connectivity index (χ3n) is 4.05. The van der Waals surface area contributed by atoms with Crippen LogP contribution in [0, 0.1) is 6.92 Å². The predicted molar refractivity (Wildman–Crippen MR) is 102 cm³/mol. The largest absolute Gasteiger partial charge is 0.494 e. The molecule has 1 heterocycles. The molecule has 1 aromatic heterocycles. The lowest BCUT2D eigenvalue weighted by molar-refractivity contribution is 0.195. The van der Waals surface area contributed by atoms with Gasteiger partial charge in [-0.3, -0.25) is 0 Å². The summed E-state index contributed by atoms with van der Waals surface area (Å²) in [6.07, 6.45) is 1.91. The molecule has 3 aromatic rings. The lowest BCUT2D eigenvalue weighted by Crippen LogP contribution is -2.13. The summed E-state index contributed by atoms with van der Waals surface area (Å²) in [5.74, 6) is 2.20. The standard InChI is InChI=1S/C21H24N2O2/c1-15-6-3-9-18(14-15)24-13-5-7-16(2)25-19-10-4-8-17-11-12-20(22)23-21(17)19/h3-4,6,8-12,14,16H,5,7,13H2,1-2H3,(H2,22,23). The maximum Gasteiger partial charge on any atom is 0.146 e. The van der Waals surface area contributed by atoms with Crippen molar-refractivity contribution in [1.82, 2.24) is 4.98 Å². The van der Waals surface area contributed by atoms with Gasteiger partial charge in [0.2, 0.25) is 0 Å². The Bertz CT molecular complexity index is 848. The highest BCUT2D eigenvalue weighted by atomic mass is 16.5. The quantitative estimate of drug-likeness (QED) is 0.632. The van der Waals surface area contributed by atoms with Gasteiger partial charge < -0.3 is 15.2 Å². The normalized spacial score (nSPS) is 12.1. The molecule has 1 unspecified atom stereocenters. The minimum atomic E-state index is 0.0786. The van der Waals surface area contributed by atoms with E-state index in [2.05, 4.69) is 24.9 Å².